The zero-order valence-electron chi connectivity index (χ0n) is 12.1. The van der Waals surface area contributed by atoms with Crippen molar-refractivity contribution in [3.8, 4) is 5.75 Å². The Morgan fingerprint density at radius 3 is 2.75 bits per heavy atom. The molecule has 0 saturated heterocycles. The second-order valence-corrected chi connectivity index (χ2v) is 6.58. The molecule has 0 N–H and O–H groups in total. The van der Waals surface area contributed by atoms with Gasteiger partial charge in [-0.25, -0.2) is 0 Å². The number of halogens is 1. The van der Waals surface area contributed by atoms with Crippen LogP contribution in [0.1, 0.15) is 50.5 Å². The molecular weight excluding hydrogens is 316 g/mol. The highest BCUT2D eigenvalue weighted by atomic mass is 79.9. The van der Waals surface area contributed by atoms with Crippen molar-refractivity contribution < 1.29 is 9.53 Å². The molecule has 0 heterocycles. The van der Waals surface area contributed by atoms with Crippen LogP contribution in [0, 0.1) is 12.8 Å². The van der Waals surface area contributed by atoms with E-state index in [1.807, 2.05) is 12.1 Å². The van der Waals surface area contributed by atoms with E-state index in [1.165, 1.54) is 24.8 Å². The van der Waals surface area contributed by atoms with Gasteiger partial charge in [0.05, 0.1) is 6.10 Å². The largest absolute Gasteiger partial charge is 0.490 e. The van der Waals surface area contributed by atoms with E-state index in [4.69, 9.17) is 4.74 Å². The van der Waals surface area contributed by atoms with Gasteiger partial charge in [0.2, 0.25) is 0 Å². The van der Waals surface area contributed by atoms with Gasteiger partial charge < -0.3 is 9.53 Å². The zero-order valence-corrected chi connectivity index (χ0v) is 13.7. The van der Waals surface area contributed by atoms with Crippen LogP contribution >= 0.6 is 15.9 Å². The second kappa shape index (κ2) is 7.82. The van der Waals surface area contributed by atoms with Gasteiger partial charge in [-0.1, -0.05) is 28.4 Å². The third kappa shape index (κ3) is 4.34. The van der Waals surface area contributed by atoms with Crippen molar-refractivity contribution in [2.45, 2.75) is 58.0 Å². The molecule has 2 nitrogen and oxygen atoms in total. The molecule has 1 fully saturated rings. The van der Waals surface area contributed by atoms with Crippen LogP contribution in [0.5, 0.6) is 5.75 Å². The fourth-order valence-corrected chi connectivity index (χ4v) is 3.27. The lowest BCUT2D eigenvalue weighted by Crippen LogP contribution is -2.24. The average Bonchev–Trinajstić information content (AvgIpc) is 2.46. The Morgan fingerprint density at radius 2 is 2.05 bits per heavy atom. The maximum absolute atomic E-state index is 10.3. The first-order chi connectivity index (χ1) is 9.70. The first-order valence-electron chi connectivity index (χ1n) is 7.56. The molecule has 2 rings (SSSR count). The molecule has 0 spiro atoms. The minimum absolute atomic E-state index is 0.352. The van der Waals surface area contributed by atoms with E-state index in [2.05, 4.69) is 28.9 Å². The van der Waals surface area contributed by atoms with Gasteiger partial charge in [-0.3, -0.25) is 0 Å². The van der Waals surface area contributed by atoms with Crippen LogP contribution in [-0.2, 0) is 4.79 Å². The molecule has 0 amide bonds. The maximum Gasteiger partial charge on any atom is 0.123 e. The van der Waals surface area contributed by atoms with E-state index in [1.54, 1.807) is 0 Å². The summed E-state index contributed by atoms with van der Waals surface area (Å²) in [4.78, 5) is 10.3. The number of ether oxygens (including phenoxy) is 1. The molecule has 20 heavy (non-hydrogen) atoms. The quantitative estimate of drug-likeness (QED) is 0.535. The van der Waals surface area contributed by atoms with Crippen LogP contribution in [0.2, 0.25) is 0 Å². The average molecular weight is 339 g/mol. The first-order valence-corrected chi connectivity index (χ1v) is 8.35. The predicted molar refractivity (Wildman–Crippen MR) is 85.2 cm³/mol. The molecule has 0 radical (unpaired) electrons. The van der Waals surface area contributed by atoms with Crippen LogP contribution in [-0.4, -0.2) is 12.4 Å². The van der Waals surface area contributed by atoms with Crippen molar-refractivity contribution in [1.29, 1.82) is 0 Å². The molecule has 0 atom stereocenters. The lowest BCUT2D eigenvalue weighted by atomic mass is 9.84. The highest BCUT2D eigenvalue weighted by molar-refractivity contribution is 9.10. The zero-order chi connectivity index (χ0) is 14.4. The molecule has 1 aliphatic rings. The highest BCUT2D eigenvalue weighted by Crippen LogP contribution is 2.33. The van der Waals surface area contributed by atoms with E-state index in [0.717, 1.165) is 41.7 Å². The van der Waals surface area contributed by atoms with Crippen molar-refractivity contribution >= 4 is 22.2 Å². The van der Waals surface area contributed by atoms with Crippen molar-refractivity contribution in [1.82, 2.24) is 0 Å². The van der Waals surface area contributed by atoms with Crippen molar-refractivity contribution in [2.75, 3.05) is 0 Å². The van der Waals surface area contributed by atoms with E-state index < -0.39 is 0 Å². The van der Waals surface area contributed by atoms with Crippen LogP contribution < -0.4 is 4.74 Å². The molecule has 0 aliphatic heterocycles. The number of carbonyl (C=O) groups is 1. The predicted octanol–water partition coefficient (Wildman–Crippen LogP) is 5.06. The summed E-state index contributed by atoms with van der Waals surface area (Å²) in [5.41, 5.74) is 1.18. The molecule has 1 aromatic carbocycles. The Labute approximate surface area is 130 Å². The number of hydrogen-bond acceptors (Lipinski definition) is 2. The van der Waals surface area contributed by atoms with Crippen molar-refractivity contribution in [3.63, 3.8) is 0 Å². The molecule has 0 bridgehead atoms. The third-order valence-electron chi connectivity index (χ3n) is 4.24. The first kappa shape index (κ1) is 15.6. The van der Waals surface area contributed by atoms with Gasteiger partial charge >= 0.3 is 0 Å². The van der Waals surface area contributed by atoms with Gasteiger partial charge in [-0.2, -0.15) is 0 Å². The number of rotatable bonds is 6. The number of hydrogen-bond donors (Lipinski definition) is 0. The van der Waals surface area contributed by atoms with E-state index in [0.29, 0.717) is 12.5 Å². The molecule has 1 saturated carbocycles. The van der Waals surface area contributed by atoms with Crippen LogP contribution in [0.4, 0.5) is 0 Å². The summed E-state index contributed by atoms with van der Waals surface area (Å²) in [7, 11) is 0. The van der Waals surface area contributed by atoms with Crippen LogP contribution in [0.15, 0.2) is 22.7 Å². The van der Waals surface area contributed by atoms with Gasteiger partial charge in [0.1, 0.15) is 12.0 Å². The molecule has 0 aromatic heterocycles. The summed E-state index contributed by atoms with van der Waals surface area (Å²) in [6.07, 6.45) is 9.08. The summed E-state index contributed by atoms with van der Waals surface area (Å²) < 4.78 is 7.26. The van der Waals surface area contributed by atoms with E-state index in [-0.39, 0.29) is 0 Å². The summed E-state index contributed by atoms with van der Waals surface area (Å²) in [5.74, 6) is 1.79. The number of benzene rings is 1. The Hall–Kier alpha value is -0.830. The number of aldehydes is 1. The molecule has 1 aromatic rings. The number of carbonyl (C=O) groups excluding carboxylic acids is 1. The minimum Gasteiger partial charge on any atom is -0.490 e. The highest BCUT2D eigenvalue weighted by Gasteiger charge is 2.22. The lowest BCUT2D eigenvalue weighted by molar-refractivity contribution is -0.108. The second-order valence-electron chi connectivity index (χ2n) is 5.72. The topological polar surface area (TPSA) is 26.3 Å². The van der Waals surface area contributed by atoms with Gasteiger partial charge in [-0.15, -0.1) is 0 Å². The molecule has 1 aliphatic carbocycles. The lowest BCUT2D eigenvalue weighted by Gasteiger charge is -2.29. The Balaban J connectivity index is 1.79. The number of unbranched alkanes of at least 4 members (excludes halogenated alkanes) is 1. The summed E-state index contributed by atoms with van der Waals surface area (Å²) in [5, 5.41) is 0. The van der Waals surface area contributed by atoms with Crippen LogP contribution in [0.25, 0.3) is 0 Å². The van der Waals surface area contributed by atoms with Crippen molar-refractivity contribution in [3.05, 3.63) is 28.2 Å². The molecule has 110 valence electrons. The van der Waals surface area contributed by atoms with Crippen molar-refractivity contribution in [2.24, 2.45) is 5.92 Å². The Kier molecular flexibility index (Phi) is 6.08. The van der Waals surface area contributed by atoms with Gasteiger partial charge in [0.15, 0.2) is 0 Å². The van der Waals surface area contributed by atoms with Gasteiger partial charge in [0.25, 0.3) is 0 Å². The van der Waals surface area contributed by atoms with Gasteiger partial charge in [-0.05, 0) is 57.1 Å². The molecular formula is C17H23BrO2. The van der Waals surface area contributed by atoms with Crippen LogP contribution in [0.3, 0.4) is 0 Å². The Bertz CT molecular complexity index is 437. The normalized spacial score (nSPS) is 22.5. The minimum atomic E-state index is 0.352. The fourth-order valence-electron chi connectivity index (χ4n) is 2.92. The molecule has 3 heteroatoms. The maximum atomic E-state index is 10.3. The summed E-state index contributed by atoms with van der Waals surface area (Å²) >= 11 is 3.55. The van der Waals surface area contributed by atoms with E-state index >= 15 is 0 Å². The summed E-state index contributed by atoms with van der Waals surface area (Å²) in [6.45, 7) is 2.09. The SMILES string of the molecule is Cc1c(Br)cccc1O[C@H]1CC[C@@H](CCCC=O)CC1. The smallest absolute Gasteiger partial charge is 0.123 e. The Morgan fingerprint density at radius 1 is 1.30 bits per heavy atom. The summed E-state index contributed by atoms with van der Waals surface area (Å²) in [6, 6.07) is 6.12. The third-order valence-corrected chi connectivity index (χ3v) is 5.10. The monoisotopic (exact) mass is 338 g/mol. The fraction of sp³-hybridized carbons (Fsp3) is 0.588. The molecule has 0 unspecified atom stereocenters. The van der Waals surface area contributed by atoms with E-state index in [9.17, 15) is 4.79 Å². The standard InChI is InChI=1S/C17H23BrO2/c1-13-16(18)6-4-7-17(13)20-15-10-8-14(9-11-15)5-2-3-12-19/h4,6-7,12,14-15H,2-3,5,8-11H2,1H3/t14-,15+. The van der Waals surface area contributed by atoms with Gasteiger partial charge in [0, 0.05) is 16.5 Å².